The fraction of sp³-hybridized carbons (Fsp3) is 1.00. The molecule has 0 spiro atoms. The highest BCUT2D eigenvalue weighted by atomic mass is 32.2. The highest BCUT2D eigenvalue weighted by Crippen LogP contribution is 2.12. The molecule has 1 fully saturated rings. The van der Waals surface area contributed by atoms with Crippen molar-refractivity contribution in [1.29, 1.82) is 0 Å². The molecule has 14 heavy (non-hydrogen) atoms. The molecule has 1 aliphatic heterocycles. The molecule has 0 aliphatic carbocycles. The second kappa shape index (κ2) is 5.99. The van der Waals surface area contributed by atoms with Gasteiger partial charge >= 0.3 is 0 Å². The zero-order valence-corrected chi connectivity index (χ0v) is 10.4. The molecule has 0 radical (unpaired) electrons. The zero-order valence-electron chi connectivity index (χ0n) is 9.59. The number of hydrogen-bond donors (Lipinski definition) is 1. The third kappa shape index (κ3) is 5.89. The smallest absolute Gasteiger partial charge is 0.0188 e. The fourth-order valence-electron chi connectivity index (χ4n) is 1.73. The first-order valence-corrected chi connectivity index (χ1v) is 6.82. The Labute approximate surface area is 92.6 Å². The second-order valence-electron chi connectivity index (χ2n) is 4.94. The van der Waals surface area contributed by atoms with Crippen LogP contribution in [0.4, 0.5) is 0 Å². The maximum absolute atomic E-state index is 5.91. The van der Waals surface area contributed by atoms with Crippen molar-refractivity contribution in [2.75, 3.05) is 31.1 Å². The standard InChI is InChI=1S/C11H24N2S/c1-11(2,12)10-14-9-5-8-13-6-3-4-7-13/h3-10,12H2,1-2H3. The highest BCUT2D eigenvalue weighted by Gasteiger charge is 2.12. The SMILES string of the molecule is CC(C)(N)CSCCCN1CCCC1. The summed E-state index contributed by atoms with van der Waals surface area (Å²) in [7, 11) is 0. The first-order chi connectivity index (χ1) is 6.58. The van der Waals surface area contributed by atoms with Crippen LogP contribution in [0, 0.1) is 0 Å². The Kier molecular flexibility index (Phi) is 5.28. The lowest BCUT2D eigenvalue weighted by atomic mass is 10.1. The van der Waals surface area contributed by atoms with Crippen molar-refractivity contribution in [1.82, 2.24) is 4.90 Å². The third-order valence-electron chi connectivity index (χ3n) is 2.44. The van der Waals surface area contributed by atoms with E-state index < -0.39 is 0 Å². The third-order valence-corrected chi connectivity index (χ3v) is 3.96. The minimum absolute atomic E-state index is 0.00168. The Morgan fingerprint density at radius 1 is 1.29 bits per heavy atom. The summed E-state index contributed by atoms with van der Waals surface area (Å²) >= 11 is 1.99. The van der Waals surface area contributed by atoms with E-state index >= 15 is 0 Å². The minimum Gasteiger partial charge on any atom is -0.325 e. The van der Waals surface area contributed by atoms with Crippen LogP contribution in [0.3, 0.4) is 0 Å². The Balaban J connectivity index is 1.89. The van der Waals surface area contributed by atoms with E-state index in [1.807, 2.05) is 11.8 Å². The topological polar surface area (TPSA) is 29.3 Å². The zero-order chi connectivity index (χ0) is 10.4. The van der Waals surface area contributed by atoms with Gasteiger partial charge in [-0.25, -0.2) is 0 Å². The largest absolute Gasteiger partial charge is 0.325 e. The molecule has 3 heteroatoms. The van der Waals surface area contributed by atoms with Crippen molar-refractivity contribution >= 4 is 11.8 Å². The molecule has 1 rings (SSSR count). The number of rotatable bonds is 6. The summed E-state index contributed by atoms with van der Waals surface area (Å²) in [5.41, 5.74) is 5.91. The van der Waals surface area contributed by atoms with Crippen molar-refractivity contribution < 1.29 is 0 Å². The van der Waals surface area contributed by atoms with Crippen LogP contribution in [0.15, 0.2) is 0 Å². The quantitative estimate of drug-likeness (QED) is 0.688. The van der Waals surface area contributed by atoms with Gasteiger partial charge in [-0.3, -0.25) is 0 Å². The molecule has 0 atom stereocenters. The number of hydrogen-bond acceptors (Lipinski definition) is 3. The summed E-state index contributed by atoms with van der Waals surface area (Å²) in [6, 6.07) is 0. The molecule has 0 bridgehead atoms. The van der Waals surface area contributed by atoms with Crippen molar-refractivity contribution in [2.45, 2.75) is 38.6 Å². The lowest BCUT2D eigenvalue weighted by Gasteiger charge is -2.18. The van der Waals surface area contributed by atoms with Gasteiger partial charge in [0.15, 0.2) is 0 Å². The van der Waals surface area contributed by atoms with Crippen LogP contribution >= 0.6 is 11.8 Å². The Hall–Kier alpha value is 0.270. The van der Waals surface area contributed by atoms with Crippen molar-refractivity contribution in [3.8, 4) is 0 Å². The average Bonchev–Trinajstić information content (AvgIpc) is 2.54. The molecular weight excluding hydrogens is 192 g/mol. The predicted octanol–water partition coefficient (Wildman–Crippen LogP) is 1.94. The first-order valence-electron chi connectivity index (χ1n) is 5.67. The molecule has 0 aromatic rings. The summed E-state index contributed by atoms with van der Waals surface area (Å²) in [6.07, 6.45) is 4.13. The number of nitrogens with two attached hydrogens (primary N) is 1. The van der Waals surface area contributed by atoms with Crippen LogP contribution in [0.5, 0.6) is 0 Å². The van der Waals surface area contributed by atoms with Crippen molar-refractivity contribution in [3.63, 3.8) is 0 Å². The van der Waals surface area contributed by atoms with Gasteiger partial charge in [-0.15, -0.1) is 0 Å². The summed E-state index contributed by atoms with van der Waals surface area (Å²) in [5.74, 6) is 2.34. The van der Waals surface area contributed by atoms with Gasteiger partial charge in [-0.2, -0.15) is 11.8 Å². The van der Waals surface area contributed by atoms with Crippen LogP contribution in [0.2, 0.25) is 0 Å². The molecule has 2 N–H and O–H groups in total. The van der Waals surface area contributed by atoms with Crippen LogP contribution in [-0.4, -0.2) is 41.6 Å². The van der Waals surface area contributed by atoms with E-state index in [-0.39, 0.29) is 5.54 Å². The molecule has 2 nitrogen and oxygen atoms in total. The lowest BCUT2D eigenvalue weighted by Crippen LogP contribution is -2.34. The molecule has 1 heterocycles. The van der Waals surface area contributed by atoms with Crippen molar-refractivity contribution in [2.24, 2.45) is 5.73 Å². The van der Waals surface area contributed by atoms with Gasteiger partial charge in [0.05, 0.1) is 0 Å². The van der Waals surface area contributed by atoms with E-state index in [2.05, 4.69) is 18.7 Å². The average molecular weight is 216 g/mol. The molecular formula is C11H24N2S. The number of nitrogens with zero attached hydrogens (tertiary/aromatic N) is 1. The van der Waals surface area contributed by atoms with E-state index in [4.69, 9.17) is 5.73 Å². The van der Waals surface area contributed by atoms with Gasteiger partial charge in [0.2, 0.25) is 0 Å². The highest BCUT2D eigenvalue weighted by molar-refractivity contribution is 7.99. The molecule has 1 saturated heterocycles. The van der Waals surface area contributed by atoms with Crippen LogP contribution < -0.4 is 5.73 Å². The Morgan fingerprint density at radius 2 is 1.93 bits per heavy atom. The number of likely N-dealkylation sites (tertiary alicyclic amines) is 1. The van der Waals surface area contributed by atoms with E-state index in [1.165, 1.54) is 44.6 Å². The maximum Gasteiger partial charge on any atom is 0.0188 e. The Morgan fingerprint density at radius 3 is 2.50 bits per heavy atom. The van der Waals surface area contributed by atoms with Gasteiger partial charge in [-0.1, -0.05) is 0 Å². The molecule has 0 aromatic carbocycles. The number of thioether (sulfide) groups is 1. The summed E-state index contributed by atoms with van der Waals surface area (Å²) in [6.45, 7) is 8.14. The van der Waals surface area contributed by atoms with Gasteiger partial charge in [0.1, 0.15) is 0 Å². The van der Waals surface area contributed by atoms with Crippen LogP contribution in [0.25, 0.3) is 0 Å². The fourth-order valence-corrected chi connectivity index (χ4v) is 2.74. The second-order valence-corrected chi connectivity index (χ2v) is 6.05. The molecule has 0 aromatic heterocycles. The van der Waals surface area contributed by atoms with Crippen LogP contribution in [-0.2, 0) is 0 Å². The van der Waals surface area contributed by atoms with Gasteiger partial charge in [-0.05, 0) is 58.5 Å². The van der Waals surface area contributed by atoms with E-state index in [1.54, 1.807) is 0 Å². The van der Waals surface area contributed by atoms with Gasteiger partial charge < -0.3 is 10.6 Å². The van der Waals surface area contributed by atoms with Gasteiger partial charge in [0.25, 0.3) is 0 Å². The first kappa shape index (κ1) is 12.3. The minimum atomic E-state index is -0.00168. The van der Waals surface area contributed by atoms with E-state index in [9.17, 15) is 0 Å². The summed E-state index contributed by atoms with van der Waals surface area (Å²) in [5, 5.41) is 0. The molecule has 84 valence electrons. The summed E-state index contributed by atoms with van der Waals surface area (Å²) < 4.78 is 0. The molecule has 0 unspecified atom stereocenters. The Bertz CT molecular complexity index is 148. The molecule has 0 amide bonds. The lowest BCUT2D eigenvalue weighted by molar-refractivity contribution is 0.341. The van der Waals surface area contributed by atoms with Gasteiger partial charge in [0, 0.05) is 11.3 Å². The molecule has 1 aliphatic rings. The maximum atomic E-state index is 5.91. The normalized spacial score (nSPS) is 19.1. The predicted molar refractivity (Wildman–Crippen MR) is 65.9 cm³/mol. The monoisotopic (exact) mass is 216 g/mol. The van der Waals surface area contributed by atoms with Crippen molar-refractivity contribution in [3.05, 3.63) is 0 Å². The van der Waals surface area contributed by atoms with Crippen LogP contribution in [0.1, 0.15) is 33.1 Å². The van der Waals surface area contributed by atoms with E-state index in [0.29, 0.717) is 0 Å². The summed E-state index contributed by atoms with van der Waals surface area (Å²) in [4.78, 5) is 2.58. The molecule has 0 saturated carbocycles. The van der Waals surface area contributed by atoms with E-state index in [0.717, 1.165) is 5.75 Å².